The van der Waals surface area contributed by atoms with Crippen LogP contribution in [-0.2, 0) is 11.2 Å². The number of carbonyl (C=O) groups excluding carboxylic acids is 1. The molecule has 122 valence electrons. The van der Waals surface area contributed by atoms with Gasteiger partial charge in [0.25, 0.3) is 5.91 Å². The van der Waals surface area contributed by atoms with Gasteiger partial charge in [0.15, 0.2) is 6.10 Å². The molecule has 4 nitrogen and oxygen atoms in total. The van der Waals surface area contributed by atoms with E-state index >= 15 is 0 Å². The number of hydrogen-bond donors (Lipinski definition) is 1. The lowest BCUT2D eigenvalue weighted by atomic mass is 10.2. The van der Waals surface area contributed by atoms with Crippen LogP contribution < -0.4 is 14.8 Å². The molecule has 0 bridgehead atoms. The van der Waals surface area contributed by atoms with Crippen LogP contribution in [0.4, 0.5) is 5.69 Å². The normalized spacial score (nSPS) is 11.6. The predicted molar refractivity (Wildman–Crippen MR) is 92.2 cm³/mol. The van der Waals surface area contributed by atoms with E-state index in [0.29, 0.717) is 23.8 Å². The number of aryl methyl sites for hydroxylation is 1. The third-order valence-corrected chi connectivity index (χ3v) is 3.46. The molecule has 0 radical (unpaired) electrons. The van der Waals surface area contributed by atoms with Gasteiger partial charge in [0.1, 0.15) is 11.5 Å². The van der Waals surface area contributed by atoms with Crippen molar-refractivity contribution < 1.29 is 14.3 Å². The van der Waals surface area contributed by atoms with E-state index in [4.69, 9.17) is 9.47 Å². The summed E-state index contributed by atoms with van der Waals surface area (Å²) < 4.78 is 11.2. The summed E-state index contributed by atoms with van der Waals surface area (Å²) in [7, 11) is 0. The van der Waals surface area contributed by atoms with Crippen molar-refractivity contribution in [1.82, 2.24) is 0 Å². The zero-order chi connectivity index (χ0) is 16.7. The lowest BCUT2D eigenvalue weighted by Gasteiger charge is -2.16. The number of para-hydroxylation sites is 2. The summed E-state index contributed by atoms with van der Waals surface area (Å²) >= 11 is 0. The number of benzene rings is 2. The molecule has 2 aromatic carbocycles. The molecule has 1 N–H and O–H groups in total. The fraction of sp³-hybridized carbons (Fsp3) is 0.316. The van der Waals surface area contributed by atoms with Gasteiger partial charge in [-0.25, -0.2) is 0 Å². The minimum atomic E-state index is -0.600. The molecule has 0 heterocycles. The van der Waals surface area contributed by atoms with Crippen LogP contribution in [0.15, 0.2) is 48.5 Å². The van der Waals surface area contributed by atoms with Gasteiger partial charge in [-0.3, -0.25) is 4.79 Å². The van der Waals surface area contributed by atoms with E-state index in [1.54, 1.807) is 6.92 Å². The molecule has 23 heavy (non-hydrogen) atoms. The Morgan fingerprint density at radius 1 is 1.09 bits per heavy atom. The Morgan fingerprint density at radius 2 is 1.78 bits per heavy atom. The molecule has 4 heteroatoms. The largest absolute Gasteiger partial charge is 0.492 e. The van der Waals surface area contributed by atoms with Gasteiger partial charge >= 0.3 is 0 Å². The van der Waals surface area contributed by atoms with Gasteiger partial charge < -0.3 is 14.8 Å². The number of anilines is 1. The van der Waals surface area contributed by atoms with Crippen LogP contribution in [0.2, 0.25) is 0 Å². The third kappa shape index (κ3) is 4.74. The number of carbonyl (C=O) groups is 1. The molecule has 1 unspecified atom stereocenters. The topological polar surface area (TPSA) is 47.6 Å². The minimum Gasteiger partial charge on any atom is -0.492 e. The Kier molecular flexibility index (Phi) is 6.03. The van der Waals surface area contributed by atoms with Crippen molar-refractivity contribution in [2.45, 2.75) is 33.3 Å². The predicted octanol–water partition coefficient (Wildman–Crippen LogP) is 4.05. The SMILES string of the molecule is CCOc1ccccc1NC(=O)C(C)Oc1ccc(CC)cc1. The minimum absolute atomic E-state index is 0.211. The van der Waals surface area contributed by atoms with Gasteiger partial charge in [-0.1, -0.05) is 31.2 Å². The van der Waals surface area contributed by atoms with Crippen molar-refractivity contribution in [3.63, 3.8) is 0 Å². The van der Waals surface area contributed by atoms with Gasteiger partial charge in [-0.05, 0) is 50.1 Å². The maximum absolute atomic E-state index is 12.3. The summed E-state index contributed by atoms with van der Waals surface area (Å²) in [6, 6.07) is 15.1. The molecule has 0 aromatic heterocycles. The van der Waals surface area contributed by atoms with Gasteiger partial charge in [-0.2, -0.15) is 0 Å². The molecule has 0 aliphatic heterocycles. The van der Waals surface area contributed by atoms with Gasteiger partial charge in [0, 0.05) is 0 Å². The molecule has 0 saturated heterocycles. The highest BCUT2D eigenvalue weighted by Gasteiger charge is 2.16. The number of ether oxygens (including phenoxy) is 2. The molecule has 0 spiro atoms. The van der Waals surface area contributed by atoms with E-state index in [1.165, 1.54) is 5.56 Å². The molecule has 0 saturated carbocycles. The first-order chi connectivity index (χ1) is 11.1. The maximum atomic E-state index is 12.3. The van der Waals surface area contributed by atoms with E-state index in [-0.39, 0.29) is 5.91 Å². The van der Waals surface area contributed by atoms with Crippen LogP contribution in [-0.4, -0.2) is 18.6 Å². The summed E-state index contributed by atoms with van der Waals surface area (Å²) in [6.07, 6.45) is 0.377. The van der Waals surface area contributed by atoms with Gasteiger partial charge in [-0.15, -0.1) is 0 Å². The van der Waals surface area contributed by atoms with E-state index in [9.17, 15) is 4.79 Å². The zero-order valence-corrected chi connectivity index (χ0v) is 13.8. The van der Waals surface area contributed by atoms with Crippen LogP contribution >= 0.6 is 0 Å². The average Bonchev–Trinajstić information content (AvgIpc) is 2.57. The van der Waals surface area contributed by atoms with E-state index in [1.807, 2.05) is 55.5 Å². The fourth-order valence-corrected chi connectivity index (χ4v) is 2.15. The molecule has 0 fully saturated rings. The first-order valence-electron chi connectivity index (χ1n) is 7.92. The summed E-state index contributed by atoms with van der Waals surface area (Å²) in [4.78, 5) is 12.3. The van der Waals surface area contributed by atoms with Crippen molar-refractivity contribution in [2.75, 3.05) is 11.9 Å². The summed E-state index contributed by atoms with van der Waals surface area (Å²) in [5.41, 5.74) is 1.89. The quantitative estimate of drug-likeness (QED) is 0.838. The Morgan fingerprint density at radius 3 is 2.43 bits per heavy atom. The molecule has 1 amide bonds. The highest BCUT2D eigenvalue weighted by Crippen LogP contribution is 2.24. The van der Waals surface area contributed by atoms with Crippen molar-refractivity contribution in [3.05, 3.63) is 54.1 Å². The first-order valence-corrected chi connectivity index (χ1v) is 7.92. The highest BCUT2D eigenvalue weighted by atomic mass is 16.5. The monoisotopic (exact) mass is 313 g/mol. The van der Waals surface area contributed by atoms with Crippen LogP contribution in [0, 0.1) is 0 Å². The molecular formula is C19H23NO3. The fourth-order valence-electron chi connectivity index (χ4n) is 2.15. The maximum Gasteiger partial charge on any atom is 0.265 e. The second-order valence-corrected chi connectivity index (χ2v) is 5.18. The van der Waals surface area contributed by atoms with Gasteiger partial charge in [0.2, 0.25) is 0 Å². The second kappa shape index (κ2) is 8.22. The zero-order valence-electron chi connectivity index (χ0n) is 13.8. The van der Waals surface area contributed by atoms with Crippen molar-refractivity contribution in [2.24, 2.45) is 0 Å². The van der Waals surface area contributed by atoms with Gasteiger partial charge in [0.05, 0.1) is 12.3 Å². The standard InChI is InChI=1S/C19H23NO3/c1-4-15-10-12-16(13-11-15)23-14(3)19(21)20-17-8-6-7-9-18(17)22-5-2/h6-14H,4-5H2,1-3H3,(H,20,21). The van der Waals surface area contributed by atoms with Crippen molar-refractivity contribution >= 4 is 11.6 Å². The lowest BCUT2D eigenvalue weighted by molar-refractivity contribution is -0.122. The number of nitrogens with one attached hydrogen (secondary N) is 1. The molecule has 0 aliphatic rings. The second-order valence-electron chi connectivity index (χ2n) is 5.18. The van der Waals surface area contributed by atoms with Crippen molar-refractivity contribution in [3.8, 4) is 11.5 Å². The van der Waals surface area contributed by atoms with Crippen LogP contribution in [0.1, 0.15) is 26.3 Å². The van der Waals surface area contributed by atoms with E-state index < -0.39 is 6.10 Å². The molecular weight excluding hydrogens is 290 g/mol. The Labute approximate surface area is 137 Å². The molecule has 1 atom stereocenters. The highest BCUT2D eigenvalue weighted by molar-refractivity contribution is 5.95. The van der Waals surface area contributed by atoms with E-state index in [0.717, 1.165) is 6.42 Å². The lowest BCUT2D eigenvalue weighted by Crippen LogP contribution is -2.30. The average molecular weight is 313 g/mol. The van der Waals surface area contributed by atoms with Crippen LogP contribution in [0.25, 0.3) is 0 Å². The summed E-state index contributed by atoms with van der Waals surface area (Å²) in [6.45, 7) is 6.28. The first kappa shape index (κ1) is 16.9. The Bertz CT molecular complexity index is 637. The Balaban J connectivity index is 1.99. The summed E-state index contributed by atoms with van der Waals surface area (Å²) in [5, 5.41) is 2.85. The molecule has 2 aromatic rings. The van der Waals surface area contributed by atoms with Crippen LogP contribution in [0.3, 0.4) is 0 Å². The molecule has 0 aliphatic carbocycles. The van der Waals surface area contributed by atoms with E-state index in [2.05, 4.69) is 12.2 Å². The van der Waals surface area contributed by atoms with Crippen LogP contribution in [0.5, 0.6) is 11.5 Å². The smallest absolute Gasteiger partial charge is 0.265 e. The summed E-state index contributed by atoms with van der Waals surface area (Å²) in [5.74, 6) is 1.13. The third-order valence-electron chi connectivity index (χ3n) is 3.46. The Hall–Kier alpha value is -2.49. The number of rotatable bonds is 7. The number of hydrogen-bond acceptors (Lipinski definition) is 3. The number of amides is 1. The van der Waals surface area contributed by atoms with Crippen molar-refractivity contribution in [1.29, 1.82) is 0 Å². The molecule has 2 rings (SSSR count).